The van der Waals surface area contributed by atoms with Gasteiger partial charge in [0.25, 0.3) is 0 Å². The number of nitrogens with zero attached hydrogens (tertiary/aromatic N) is 4. The lowest BCUT2D eigenvalue weighted by molar-refractivity contribution is -0.118. The van der Waals surface area contributed by atoms with Crippen LogP contribution in [-0.2, 0) is 38.0 Å². The number of halogens is 1. The maximum absolute atomic E-state index is 13.7. The summed E-state index contributed by atoms with van der Waals surface area (Å²) in [6.45, 7) is 0.812. The maximum atomic E-state index is 13.7. The van der Waals surface area contributed by atoms with Crippen LogP contribution in [0.5, 0.6) is 0 Å². The highest BCUT2D eigenvalue weighted by Crippen LogP contribution is 2.47. The van der Waals surface area contributed by atoms with Gasteiger partial charge < -0.3 is 14.9 Å². The summed E-state index contributed by atoms with van der Waals surface area (Å²) in [5.41, 5.74) is 1.43. The second-order valence-corrected chi connectivity index (χ2v) is 12.6. The fourth-order valence-corrected chi connectivity index (χ4v) is 7.38. The number of sulfonamides is 1. The first kappa shape index (κ1) is 26.4. The van der Waals surface area contributed by atoms with Crippen molar-refractivity contribution in [1.82, 2.24) is 14.2 Å². The first-order valence-electron chi connectivity index (χ1n) is 12.2. The molecule has 2 amide bonds. The van der Waals surface area contributed by atoms with E-state index in [0.717, 1.165) is 29.5 Å². The van der Waals surface area contributed by atoms with E-state index in [-0.39, 0.29) is 43.5 Å². The molecule has 38 heavy (non-hydrogen) atoms. The van der Waals surface area contributed by atoms with E-state index in [4.69, 9.17) is 0 Å². The Morgan fingerprint density at radius 3 is 2.66 bits per heavy atom. The normalized spacial score (nSPS) is 18.9. The van der Waals surface area contributed by atoms with Crippen molar-refractivity contribution in [3.05, 3.63) is 76.0 Å². The number of carbonyl (C=O) groups is 2. The molecule has 5 rings (SSSR count). The Kier molecular flexibility index (Phi) is 7.32. The van der Waals surface area contributed by atoms with Gasteiger partial charge in [-0.15, -0.1) is 0 Å². The molecule has 12 heteroatoms. The second kappa shape index (κ2) is 10.5. The number of carbonyl (C=O) groups excluding carboxylic acids is 2. The number of benzene rings is 2. The number of hydrogen-bond acceptors (Lipinski definition) is 7. The Bertz CT molecular complexity index is 1450. The van der Waals surface area contributed by atoms with Gasteiger partial charge in [0.05, 0.1) is 24.1 Å². The molecule has 2 aliphatic rings. The summed E-state index contributed by atoms with van der Waals surface area (Å²) < 4.78 is 42.1. The average Bonchev–Trinajstić information content (AvgIpc) is 3.61. The van der Waals surface area contributed by atoms with Crippen molar-refractivity contribution in [3.63, 3.8) is 0 Å². The SMILES string of the molecule is O=CN1CCC2(C1)CN(C(=O)Cc1ncc(F)s1)c1ccc(S(=O)(=O)N(CCO)Cc3ccccc3)cc12. The number of hydrogen-bond donors (Lipinski definition) is 1. The fourth-order valence-electron chi connectivity index (χ4n) is 5.30. The molecule has 1 unspecified atom stereocenters. The van der Waals surface area contributed by atoms with Crippen molar-refractivity contribution in [2.45, 2.75) is 29.7 Å². The number of aromatic nitrogens is 1. The Morgan fingerprint density at radius 2 is 2.00 bits per heavy atom. The van der Waals surface area contributed by atoms with Gasteiger partial charge in [0.1, 0.15) is 5.01 Å². The Hall–Kier alpha value is -3.19. The van der Waals surface area contributed by atoms with Crippen molar-refractivity contribution in [2.75, 3.05) is 37.7 Å². The van der Waals surface area contributed by atoms with E-state index in [1.54, 1.807) is 21.9 Å². The quantitative estimate of drug-likeness (QED) is 0.403. The number of anilines is 1. The molecule has 1 aromatic heterocycles. The standard InChI is InChI=1S/C26H27FN4O5S2/c27-23-14-28-24(37-23)13-25(34)31-17-26(8-9-29(16-26)18-33)21-12-20(6-7-22(21)31)38(35,36)30(10-11-32)15-19-4-2-1-3-5-19/h1-7,12,14,18,32H,8-11,13,15-17H2. The van der Waals surface area contributed by atoms with Crippen molar-refractivity contribution in [2.24, 2.45) is 0 Å². The lowest BCUT2D eigenvalue weighted by Crippen LogP contribution is -2.39. The van der Waals surface area contributed by atoms with Gasteiger partial charge in [0.2, 0.25) is 22.3 Å². The van der Waals surface area contributed by atoms with Crippen LogP contribution in [0.1, 0.15) is 22.6 Å². The zero-order chi connectivity index (χ0) is 26.9. The molecule has 3 aromatic rings. The summed E-state index contributed by atoms with van der Waals surface area (Å²) in [5.74, 6) is -0.274. The molecule has 2 aliphatic heterocycles. The average molecular weight is 559 g/mol. The number of aliphatic hydroxyl groups is 1. The summed E-state index contributed by atoms with van der Waals surface area (Å²) in [6.07, 6.45) is 2.34. The highest BCUT2D eigenvalue weighted by molar-refractivity contribution is 7.89. The summed E-state index contributed by atoms with van der Waals surface area (Å²) >= 11 is 0.813. The fraction of sp³-hybridized carbons (Fsp3) is 0.346. The lowest BCUT2D eigenvalue weighted by Gasteiger charge is -2.25. The van der Waals surface area contributed by atoms with E-state index in [1.807, 2.05) is 30.3 Å². The third-order valence-corrected chi connectivity index (χ3v) is 9.77. The molecule has 200 valence electrons. The molecule has 1 fully saturated rings. The van der Waals surface area contributed by atoms with E-state index in [0.29, 0.717) is 35.8 Å². The van der Waals surface area contributed by atoms with Gasteiger partial charge in [0, 0.05) is 43.8 Å². The van der Waals surface area contributed by atoms with Crippen LogP contribution in [0.25, 0.3) is 0 Å². The Balaban J connectivity index is 1.51. The van der Waals surface area contributed by atoms with Crippen molar-refractivity contribution in [3.8, 4) is 0 Å². The van der Waals surface area contributed by atoms with Gasteiger partial charge in [0.15, 0.2) is 5.13 Å². The largest absolute Gasteiger partial charge is 0.395 e. The molecule has 3 heterocycles. The summed E-state index contributed by atoms with van der Waals surface area (Å²) in [4.78, 5) is 32.1. The monoisotopic (exact) mass is 558 g/mol. The number of thiazole rings is 1. The minimum atomic E-state index is -4.00. The summed E-state index contributed by atoms with van der Waals surface area (Å²) in [5, 5.41) is 9.49. The minimum Gasteiger partial charge on any atom is -0.395 e. The van der Waals surface area contributed by atoms with Gasteiger partial charge >= 0.3 is 0 Å². The second-order valence-electron chi connectivity index (χ2n) is 9.55. The Morgan fingerprint density at radius 1 is 1.21 bits per heavy atom. The molecule has 0 radical (unpaired) electrons. The van der Waals surface area contributed by atoms with Crippen molar-refractivity contribution >= 4 is 39.4 Å². The van der Waals surface area contributed by atoms with Crippen LogP contribution in [0.3, 0.4) is 0 Å². The number of likely N-dealkylation sites (tertiary alicyclic amines) is 1. The van der Waals surface area contributed by atoms with Crippen molar-refractivity contribution < 1.29 is 27.5 Å². The molecular formula is C26H27FN4O5S2. The van der Waals surface area contributed by atoms with Gasteiger partial charge in [-0.3, -0.25) is 9.59 Å². The first-order valence-corrected chi connectivity index (χ1v) is 14.4. The molecular weight excluding hydrogens is 531 g/mol. The molecule has 0 aliphatic carbocycles. The van der Waals surface area contributed by atoms with Crippen LogP contribution in [0, 0.1) is 5.13 Å². The molecule has 1 saturated heterocycles. The van der Waals surface area contributed by atoms with Gasteiger partial charge in [-0.25, -0.2) is 13.4 Å². The predicted molar refractivity (Wildman–Crippen MR) is 140 cm³/mol. The topological polar surface area (TPSA) is 111 Å². The molecule has 0 bridgehead atoms. The van der Waals surface area contributed by atoms with Gasteiger partial charge in [-0.1, -0.05) is 41.7 Å². The minimum absolute atomic E-state index is 0.0563. The van der Waals surface area contributed by atoms with E-state index >= 15 is 0 Å². The van der Waals surface area contributed by atoms with Crippen LogP contribution >= 0.6 is 11.3 Å². The van der Waals surface area contributed by atoms with E-state index < -0.39 is 20.6 Å². The van der Waals surface area contributed by atoms with Crippen LogP contribution in [0.2, 0.25) is 0 Å². The van der Waals surface area contributed by atoms with E-state index in [2.05, 4.69) is 4.98 Å². The third-order valence-electron chi connectivity index (χ3n) is 7.14. The zero-order valence-corrected chi connectivity index (χ0v) is 22.1. The number of amides is 2. The summed E-state index contributed by atoms with van der Waals surface area (Å²) in [7, 11) is -4.00. The van der Waals surface area contributed by atoms with Crippen LogP contribution in [-0.4, -0.2) is 72.8 Å². The molecule has 0 saturated carbocycles. The number of aliphatic hydroxyl groups excluding tert-OH is 1. The Labute approximate surface area is 224 Å². The zero-order valence-electron chi connectivity index (χ0n) is 20.5. The van der Waals surface area contributed by atoms with Crippen molar-refractivity contribution in [1.29, 1.82) is 0 Å². The lowest BCUT2D eigenvalue weighted by atomic mass is 9.81. The summed E-state index contributed by atoms with van der Waals surface area (Å²) in [6, 6.07) is 13.8. The molecule has 1 atom stereocenters. The van der Waals surface area contributed by atoms with Crippen LogP contribution in [0.15, 0.2) is 59.6 Å². The maximum Gasteiger partial charge on any atom is 0.243 e. The first-order chi connectivity index (χ1) is 18.3. The van der Waals surface area contributed by atoms with E-state index in [9.17, 15) is 27.5 Å². The number of rotatable bonds is 9. The predicted octanol–water partition coefficient (Wildman–Crippen LogP) is 2.15. The van der Waals surface area contributed by atoms with Gasteiger partial charge in [-0.2, -0.15) is 8.70 Å². The molecule has 1 spiro atoms. The molecule has 9 nitrogen and oxygen atoms in total. The molecule has 2 aromatic carbocycles. The van der Waals surface area contributed by atoms with Crippen LogP contribution in [0.4, 0.5) is 10.1 Å². The third kappa shape index (κ3) is 4.96. The number of fused-ring (bicyclic) bond motifs is 2. The smallest absolute Gasteiger partial charge is 0.243 e. The highest BCUT2D eigenvalue weighted by Gasteiger charge is 2.49. The van der Waals surface area contributed by atoms with Gasteiger partial charge in [-0.05, 0) is 35.7 Å². The van der Waals surface area contributed by atoms with Crippen LogP contribution < -0.4 is 4.90 Å². The van der Waals surface area contributed by atoms with E-state index in [1.165, 1.54) is 10.4 Å². The highest BCUT2D eigenvalue weighted by atomic mass is 32.2. The molecule has 1 N–H and O–H groups in total.